The normalized spacial score (nSPS) is 19.3. The molecule has 18 heavy (non-hydrogen) atoms. The minimum Gasteiger partial charge on any atom is -0.306 e. The topological polar surface area (TPSA) is 40.6 Å². The van der Waals surface area contributed by atoms with Crippen molar-refractivity contribution in [2.45, 2.75) is 23.8 Å². The average molecular weight is 267 g/mol. The first-order valence-corrected chi connectivity index (χ1v) is 7.59. The van der Waals surface area contributed by atoms with Gasteiger partial charge in [-0.05, 0) is 39.0 Å². The Morgan fingerprint density at radius 1 is 1.33 bits per heavy atom. The second-order valence-corrected chi connectivity index (χ2v) is 6.75. The number of hydrogen-bond acceptors (Lipinski definition) is 3. The van der Waals surface area contributed by atoms with Crippen LogP contribution < -0.4 is 0 Å². The van der Waals surface area contributed by atoms with Crippen LogP contribution in [0.4, 0.5) is 0 Å². The summed E-state index contributed by atoms with van der Waals surface area (Å²) in [5.74, 6) is 0. The van der Waals surface area contributed by atoms with Crippen LogP contribution in [0.15, 0.2) is 29.2 Å². The Bertz CT molecular complexity index is 479. The van der Waals surface area contributed by atoms with E-state index in [1.165, 1.54) is 4.31 Å². The van der Waals surface area contributed by atoms with E-state index >= 15 is 0 Å². The second-order valence-electron chi connectivity index (χ2n) is 4.78. The highest BCUT2D eigenvalue weighted by molar-refractivity contribution is 7.89. The lowest BCUT2D eigenvalue weighted by Gasteiger charge is -2.34. The predicted molar refractivity (Wildman–Crippen MR) is 70.7 cm³/mol. The van der Waals surface area contributed by atoms with E-state index < -0.39 is 10.0 Å². The third-order valence-electron chi connectivity index (χ3n) is 3.54. The molecule has 5 heteroatoms. The Kier molecular flexibility index (Phi) is 4.04. The Labute approximate surface area is 109 Å². The molecule has 2 rings (SSSR count). The van der Waals surface area contributed by atoms with Crippen molar-refractivity contribution in [1.29, 1.82) is 0 Å². The maximum Gasteiger partial charge on any atom is 0.243 e. The Morgan fingerprint density at radius 2 is 2.00 bits per heavy atom. The van der Waals surface area contributed by atoms with Crippen LogP contribution in [0.3, 0.4) is 0 Å². The summed E-state index contributed by atoms with van der Waals surface area (Å²) in [7, 11) is 0.341. The number of sulfonamides is 1. The molecule has 1 saturated heterocycles. The van der Waals surface area contributed by atoms with Crippen molar-refractivity contribution >= 4 is 10.0 Å². The van der Waals surface area contributed by atoms with Gasteiger partial charge in [0.25, 0.3) is 0 Å². The van der Waals surface area contributed by atoms with Gasteiger partial charge in [-0.1, -0.05) is 18.2 Å². The van der Waals surface area contributed by atoms with Crippen LogP contribution in [-0.4, -0.2) is 50.8 Å². The first-order chi connectivity index (χ1) is 8.51. The van der Waals surface area contributed by atoms with E-state index in [0.717, 1.165) is 25.9 Å². The van der Waals surface area contributed by atoms with Crippen molar-refractivity contribution in [3.8, 4) is 0 Å². The molecule has 0 aliphatic carbocycles. The molecule has 0 aromatic heterocycles. The van der Waals surface area contributed by atoms with Crippen molar-refractivity contribution in [3.05, 3.63) is 30.3 Å². The van der Waals surface area contributed by atoms with E-state index in [9.17, 15) is 8.42 Å². The second kappa shape index (κ2) is 5.38. The number of likely N-dealkylation sites (tertiary alicyclic amines) is 1. The van der Waals surface area contributed by atoms with Gasteiger partial charge in [0.2, 0.25) is 10.0 Å². The molecular formula is C13H19N2O2S. The van der Waals surface area contributed by atoms with Gasteiger partial charge in [-0.15, -0.1) is 0 Å². The molecular weight excluding hydrogens is 248 g/mol. The summed E-state index contributed by atoms with van der Waals surface area (Å²) in [5, 5.41) is 0. The molecule has 1 heterocycles. The lowest BCUT2D eigenvalue weighted by molar-refractivity contribution is 0.197. The molecule has 0 bridgehead atoms. The number of nitrogens with zero attached hydrogens (tertiary/aromatic N) is 2. The number of piperidine rings is 1. The van der Waals surface area contributed by atoms with Gasteiger partial charge >= 0.3 is 0 Å². The third kappa shape index (κ3) is 2.74. The fourth-order valence-corrected chi connectivity index (χ4v) is 3.63. The summed E-state index contributed by atoms with van der Waals surface area (Å²) in [5.41, 5.74) is 0. The summed E-state index contributed by atoms with van der Waals surface area (Å²) in [6, 6.07) is 9.63. The summed E-state index contributed by atoms with van der Waals surface area (Å²) < 4.78 is 26.3. The molecule has 1 aromatic carbocycles. The van der Waals surface area contributed by atoms with Crippen LogP contribution in [0.25, 0.3) is 0 Å². The van der Waals surface area contributed by atoms with E-state index in [-0.39, 0.29) is 10.9 Å². The first kappa shape index (κ1) is 13.5. The van der Waals surface area contributed by atoms with Crippen molar-refractivity contribution in [1.82, 2.24) is 9.21 Å². The summed E-state index contributed by atoms with van der Waals surface area (Å²) in [4.78, 5) is 2.48. The largest absolute Gasteiger partial charge is 0.306 e. The maximum absolute atomic E-state index is 12.4. The molecule has 1 aliphatic heterocycles. The zero-order chi connectivity index (χ0) is 13.2. The quantitative estimate of drug-likeness (QED) is 0.826. The molecule has 1 aliphatic rings. The number of benzene rings is 1. The summed E-state index contributed by atoms with van der Waals surface area (Å²) in [6.45, 7) is 1.89. The van der Waals surface area contributed by atoms with Gasteiger partial charge in [0, 0.05) is 19.2 Å². The van der Waals surface area contributed by atoms with Gasteiger partial charge < -0.3 is 4.90 Å². The van der Waals surface area contributed by atoms with E-state index in [1.54, 1.807) is 31.3 Å². The van der Waals surface area contributed by atoms with E-state index in [2.05, 4.69) is 18.0 Å². The third-order valence-corrected chi connectivity index (χ3v) is 5.41. The van der Waals surface area contributed by atoms with Crippen molar-refractivity contribution in [2.75, 3.05) is 27.2 Å². The van der Waals surface area contributed by atoms with Crippen molar-refractivity contribution in [3.63, 3.8) is 0 Å². The molecule has 99 valence electrons. The van der Waals surface area contributed by atoms with Crippen LogP contribution in [0, 0.1) is 6.07 Å². The Hall–Kier alpha value is -0.910. The Morgan fingerprint density at radius 3 is 2.56 bits per heavy atom. The van der Waals surface area contributed by atoms with Crippen LogP contribution in [-0.2, 0) is 10.0 Å². The standard InChI is InChI=1S/C13H19N2O2S/c1-14-10-8-12(9-11-14)15(2)18(16,17)13-6-4-3-5-7-13/h3-6,12H,8-11H2,1-2H3. The summed E-state index contributed by atoms with van der Waals surface area (Å²) in [6.07, 6.45) is 1.78. The zero-order valence-corrected chi connectivity index (χ0v) is 11.7. The minimum atomic E-state index is -3.40. The molecule has 0 amide bonds. The minimum absolute atomic E-state index is 0.0970. The van der Waals surface area contributed by atoms with Gasteiger partial charge in [-0.2, -0.15) is 4.31 Å². The highest BCUT2D eigenvalue weighted by Crippen LogP contribution is 2.21. The van der Waals surface area contributed by atoms with E-state index in [0.29, 0.717) is 0 Å². The number of rotatable bonds is 3. The van der Waals surface area contributed by atoms with Gasteiger partial charge in [-0.3, -0.25) is 0 Å². The fourth-order valence-electron chi connectivity index (χ4n) is 2.25. The summed E-state index contributed by atoms with van der Waals surface area (Å²) >= 11 is 0. The number of hydrogen-bond donors (Lipinski definition) is 0. The maximum atomic E-state index is 12.4. The van der Waals surface area contributed by atoms with Crippen LogP contribution >= 0.6 is 0 Å². The highest BCUT2D eigenvalue weighted by Gasteiger charge is 2.29. The first-order valence-electron chi connectivity index (χ1n) is 6.15. The fraction of sp³-hybridized carbons (Fsp3) is 0.538. The highest BCUT2D eigenvalue weighted by atomic mass is 32.2. The van der Waals surface area contributed by atoms with Gasteiger partial charge in [0.1, 0.15) is 0 Å². The molecule has 1 aromatic rings. The predicted octanol–water partition coefficient (Wildman–Crippen LogP) is 1.20. The molecule has 1 radical (unpaired) electrons. The molecule has 1 fully saturated rings. The molecule has 0 N–H and O–H groups in total. The van der Waals surface area contributed by atoms with E-state index in [4.69, 9.17) is 0 Å². The zero-order valence-electron chi connectivity index (χ0n) is 10.8. The van der Waals surface area contributed by atoms with Crippen molar-refractivity contribution in [2.24, 2.45) is 0 Å². The van der Waals surface area contributed by atoms with Gasteiger partial charge in [-0.25, -0.2) is 8.42 Å². The SMILES string of the molecule is CN1CCC(N(C)S(=O)(=O)c2[c]cccc2)CC1. The van der Waals surface area contributed by atoms with Gasteiger partial charge in [0.15, 0.2) is 0 Å². The van der Waals surface area contributed by atoms with Crippen LogP contribution in [0.2, 0.25) is 0 Å². The lowest BCUT2D eigenvalue weighted by Crippen LogP contribution is -2.44. The average Bonchev–Trinajstić information content (AvgIpc) is 2.40. The van der Waals surface area contributed by atoms with Crippen LogP contribution in [0.1, 0.15) is 12.8 Å². The Balaban J connectivity index is 2.15. The van der Waals surface area contributed by atoms with E-state index in [1.807, 2.05) is 0 Å². The van der Waals surface area contributed by atoms with Crippen molar-refractivity contribution < 1.29 is 8.42 Å². The lowest BCUT2D eigenvalue weighted by atomic mass is 10.1. The monoisotopic (exact) mass is 267 g/mol. The molecule has 0 atom stereocenters. The van der Waals surface area contributed by atoms with Crippen LogP contribution in [0.5, 0.6) is 0 Å². The van der Waals surface area contributed by atoms with Gasteiger partial charge in [0.05, 0.1) is 4.90 Å². The molecule has 0 saturated carbocycles. The molecule has 4 nitrogen and oxygen atoms in total. The molecule has 0 unspecified atom stereocenters. The molecule has 0 spiro atoms. The smallest absolute Gasteiger partial charge is 0.243 e.